The van der Waals surface area contributed by atoms with E-state index in [2.05, 4.69) is 0 Å². The maximum atomic E-state index is 5.65. The number of anilines is 2. The molecule has 0 aliphatic rings. The Bertz CT molecular complexity index is 450. The number of hydrogen-bond acceptors (Lipinski definition) is 4. The fraction of sp³-hybridized carbons (Fsp3) is 0.143. The largest absolute Gasteiger partial charge is 0.494 e. The standard InChI is InChI=1S/C8H11NO2.C6H7N/c1-10-6-4-3-5-7(11-2)8(6)9;7-6-4-2-1-3-5-6/h3-5H,9H2,1-2H3;1-5H,7H2. The summed E-state index contributed by atoms with van der Waals surface area (Å²) in [5.41, 5.74) is 12.4. The zero-order valence-corrected chi connectivity index (χ0v) is 10.6. The molecule has 0 fully saturated rings. The minimum absolute atomic E-state index is 0.539. The third kappa shape index (κ3) is 3.90. The van der Waals surface area contributed by atoms with Crippen LogP contribution in [0.5, 0.6) is 11.5 Å². The Balaban J connectivity index is 0.000000199. The van der Waals surface area contributed by atoms with Crippen molar-refractivity contribution < 1.29 is 9.47 Å². The van der Waals surface area contributed by atoms with Gasteiger partial charge >= 0.3 is 0 Å². The average Bonchev–Trinajstić information content (AvgIpc) is 2.41. The second kappa shape index (κ2) is 7.06. The van der Waals surface area contributed by atoms with E-state index in [1.807, 2.05) is 36.4 Å². The number of ether oxygens (including phenoxy) is 2. The Kier molecular flexibility index (Phi) is 5.38. The molecule has 0 spiro atoms. The molecule has 0 aliphatic carbocycles. The van der Waals surface area contributed by atoms with Gasteiger partial charge in [0.05, 0.1) is 14.2 Å². The summed E-state index contributed by atoms with van der Waals surface area (Å²) in [6, 6.07) is 14.9. The molecule has 4 heteroatoms. The van der Waals surface area contributed by atoms with Gasteiger partial charge in [-0.15, -0.1) is 0 Å². The predicted octanol–water partition coefficient (Wildman–Crippen LogP) is 2.55. The summed E-state index contributed by atoms with van der Waals surface area (Å²) in [6.07, 6.45) is 0. The van der Waals surface area contributed by atoms with Crippen LogP contribution in [-0.4, -0.2) is 14.2 Å². The number of nitrogens with two attached hydrogens (primary N) is 2. The molecule has 2 aromatic rings. The molecule has 0 unspecified atom stereocenters. The fourth-order valence-electron chi connectivity index (χ4n) is 1.33. The molecule has 4 nitrogen and oxygen atoms in total. The summed E-state index contributed by atoms with van der Waals surface area (Å²) in [6.45, 7) is 0. The van der Waals surface area contributed by atoms with E-state index in [0.29, 0.717) is 17.2 Å². The number of methoxy groups -OCH3 is 2. The molecule has 0 aromatic heterocycles. The molecule has 96 valence electrons. The van der Waals surface area contributed by atoms with E-state index in [0.717, 1.165) is 5.69 Å². The smallest absolute Gasteiger partial charge is 0.145 e. The first-order valence-corrected chi connectivity index (χ1v) is 5.46. The van der Waals surface area contributed by atoms with E-state index >= 15 is 0 Å². The van der Waals surface area contributed by atoms with Gasteiger partial charge in [0.25, 0.3) is 0 Å². The summed E-state index contributed by atoms with van der Waals surface area (Å²) in [5.74, 6) is 1.29. The van der Waals surface area contributed by atoms with Gasteiger partial charge in [-0.05, 0) is 24.3 Å². The van der Waals surface area contributed by atoms with Gasteiger partial charge < -0.3 is 20.9 Å². The van der Waals surface area contributed by atoms with Gasteiger partial charge in [0.15, 0.2) is 0 Å². The lowest BCUT2D eigenvalue weighted by molar-refractivity contribution is 0.398. The Morgan fingerprint density at radius 1 is 0.722 bits per heavy atom. The molecular weight excluding hydrogens is 228 g/mol. The summed E-state index contributed by atoms with van der Waals surface area (Å²) in [5, 5.41) is 0. The first-order valence-electron chi connectivity index (χ1n) is 5.46. The number of nitrogen functional groups attached to an aromatic ring is 2. The molecule has 0 bridgehead atoms. The molecule has 0 amide bonds. The van der Waals surface area contributed by atoms with Crippen LogP contribution in [0, 0.1) is 0 Å². The van der Waals surface area contributed by atoms with E-state index in [9.17, 15) is 0 Å². The van der Waals surface area contributed by atoms with Crippen molar-refractivity contribution in [2.24, 2.45) is 0 Å². The van der Waals surface area contributed by atoms with Crippen LogP contribution in [0.4, 0.5) is 11.4 Å². The second-order valence-electron chi connectivity index (χ2n) is 3.49. The van der Waals surface area contributed by atoms with Gasteiger partial charge in [0, 0.05) is 5.69 Å². The van der Waals surface area contributed by atoms with Crippen LogP contribution in [0.1, 0.15) is 0 Å². The normalized spacial score (nSPS) is 9.00. The number of benzene rings is 2. The van der Waals surface area contributed by atoms with E-state index in [-0.39, 0.29) is 0 Å². The van der Waals surface area contributed by atoms with Crippen molar-refractivity contribution in [1.29, 1.82) is 0 Å². The third-order valence-corrected chi connectivity index (χ3v) is 2.27. The molecule has 2 aromatic carbocycles. The van der Waals surface area contributed by atoms with Gasteiger partial charge in [-0.2, -0.15) is 0 Å². The fourth-order valence-corrected chi connectivity index (χ4v) is 1.33. The van der Waals surface area contributed by atoms with Crippen molar-refractivity contribution >= 4 is 11.4 Å². The van der Waals surface area contributed by atoms with Crippen molar-refractivity contribution in [3.05, 3.63) is 48.5 Å². The zero-order valence-electron chi connectivity index (χ0n) is 10.6. The molecule has 0 saturated carbocycles. The van der Waals surface area contributed by atoms with Crippen LogP contribution in [-0.2, 0) is 0 Å². The van der Waals surface area contributed by atoms with Crippen LogP contribution in [0.25, 0.3) is 0 Å². The predicted molar refractivity (Wildman–Crippen MR) is 74.8 cm³/mol. The minimum atomic E-state index is 0.539. The summed E-state index contributed by atoms with van der Waals surface area (Å²) < 4.78 is 9.96. The van der Waals surface area contributed by atoms with E-state index in [1.54, 1.807) is 26.4 Å². The number of rotatable bonds is 2. The lowest BCUT2D eigenvalue weighted by Crippen LogP contribution is -1.95. The third-order valence-electron chi connectivity index (χ3n) is 2.27. The maximum Gasteiger partial charge on any atom is 0.145 e. The molecular formula is C14H18N2O2. The second-order valence-corrected chi connectivity index (χ2v) is 3.49. The minimum Gasteiger partial charge on any atom is -0.494 e. The van der Waals surface area contributed by atoms with Crippen LogP contribution in [0.2, 0.25) is 0 Å². The highest BCUT2D eigenvalue weighted by Crippen LogP contribution is 2.30. The molecule has 18 heavy (non-hydrogen) atoms. The number of para-hydroxylation sites is 2. The Morgan fingerprint density at radius 3 is 1.56 bits per heavy atom. The summed E-state index contributed by atoms with van der Waals surface area (Å²) in [7, 11) is 3.15. The molecule has 0 radical (unpaired) electrons. The lowest BCUT2D eigenvalue weighted by atomic mass is 10.3. The van der Waals surface area contributed by atoms with Crippen molar-refractivity contribution in [3.8, 4) is 11.5 Å². The van der Waals surface area contributed by atoms with Crippen LogP contribution in [0.15, 0.2) is 48.5 Å². The topological polar surface area (TPSA) is 70.5 Å². The number of hydrogen-bond donors (Lipinski definition) is 2. The average molecular weight is 246 g/mol. The summed E-state index contributed by atoms with van der Waals surface area (Å²) in [4.78, 5) is 0. The van der Waals surface area contributed by atoms with Crippen LogP contribution >= 0.6 is 0 Å². The maximum absolute atomic E-state index is 5.65. The first-order chi connectivity index (χ1) is 8.69. The van der Waals surface area contributed by atoms with Crippen molar-refractivity contribution in [1.82, 2.24) is 0 Å². The van der Waals surface area contributed by atoms with Gasteiger partial charge in [0.2, 0.25) is 0 Å². The molecule has 0 saturated heterocycles. The van der Waals surface area contributed by atoms with Crippen LogP contribution in [0.3, 0.4) is 0 Å². The quantitative estimate of drug-likeness (QED) is 0.799. The first kappa shape index (κ1) is 13.7. The molecule has 0 atom stereocenters. The van der Waals surface area contributed by atoms with Gasteiger partial charge in [0.1, 0.15) is 17.2 Å². The van der Waals surface area contributed by atoms with Gasteiger partial charge in [-0.25, -0.2) is 0 Å². The highest BCUT2D eigenvalue weighted by molar-refractivity contribution is 5.62. The van der Waals surface area contributed by atoms with Crippen LogP contribution < -0.4 is 20.9 Å². The van der Waals surface area contributed by atoms with Crippen molar-refractivity contribution in [2.45, 2.75) is 0 Å². The van der Waals surface area contributed by atoms with E-state index in [4.69, 9.17) is 20.9 Å². The lowest BCUT2D eigenvalue weighted by Gasteiger charge is -2.07. The molecule has 4 N–H and O–H groups in total. The zero-order chi connectivity index (χ0) is 13.4. The molecule has 2 rings (SSSR count). The highest BCUT2D eigenvalue weighted by Gasteiger charge is 2.03. The summed E-state index contributed by atoms with van der Waals surface area (Å²) >= 11 is 0. The monoisotopic (exact) mass is 246 g/mol. The Morgan fingerprint density at radius 2 is 1.22 bits per heavy atom. The van der Waals surface area contributed by atoms with E-state index in [1.165, 1.54) is 0 Å². The van der Waals surface area contributed by atoms with Crippen molar-refractivity contribution in [3.63, 3.8) is 0 Å². The molecule has 0 aliphatic heterocycles. The van der Waals surface area contributed by atoms with Gasteiger partial charge in [-0.1, -0.05) is 24.3 Å². The Labute approximate surface area is 107 Å². The van der Waals surface area contributed by atoms with Crippen molar-refractivity contribution in [2.75, 3.05) is 25.7 Å². The highest BCUT2D eigenvalue weighted by atomic mass is 16.5. The molecule has 0 heterocycles. The van der Waals surface area contributed by atoms with E-state index < -0.39 is 0 Å². The van der Waals surface area contributed by atoms with Gasteiger partial charge in [-0.3, -0.25) is 0 Å². The SMILES string of the molecule is COc1cccc(OC)c1N.Nc1ccccc1. The Hall–Kier alpha value is -2.36.